The molecule has 0 aliphatic carbocycles. The van der Waals surface area contributed by atoms with Crippen LogP contribution < -0.4 is 4.90 Å². The average Bonchev–Trinajstić information content (AvgIpc) is 2.73. The van der Waals surface area contributed by atoms with E-state index in [9.17, 15) is 18.1 Å². The molecule has 3 atom stereocenters. The van der Waals surface area contributed by atoms with Gasteiger partial charge in [-0.25, -0.2) is 22.8 Å². The van der Waals surface area contributed by atoms with Gasteiger partial charge < -0.3 is 9.64 Å². The largest absolute Gasteiger partial charge is 0.372 e. The number of morpholine rings is 1. The quantitative estimate of drug-likeness (QED) is 0.574. The zero-order valence-electron chi connectivity index (χ0n) is 17.1. The maximum Gasteiger partial charge on any atom is 0.200 e. The molecule has 2 aromatic carbocycles. The van der Waals surface area contributed by atoms with Gasteiger partial charge in [0.15, 0.2) is 11.1 Å². The molecule has 1 aromatic heterocycles. The van der Waals surface area contributed by atoms with E-state index in [0.717, 1.165) is 24.3 Å². The molecule has 9 heteroatoms. The summed E-state index contributed by atoms with van der Waals surface area (Å²) in [5.74, 6) is -0.215. The molecular weight excluding hydrogens is 419 g/mol. The number of anilines is 1. The van der Waals surface area contributed by atoms with Gasteiger partial charge in [0.2, 0.25) is 9.84 Å². The lowest BCUT2D eigenvalue weighted by atomic mass is 10.2. The molecule has 160 valence electrons. The fraction of sp³-hybridized carbons (Fsp3) is 0.318. The van der Waals surface area contributed by atoms with Crippen LogP contribution in [0.25, 0.3) is 11.0 Å². The molecule has 1 fully saturated rings. The number of hydrogen-bond acceptors (Lipinski definition) is 7. The fourth-order valence-corrected chi connectivity index (χ4v) is 5.18. The summed E-state index contributed by atoms with van der Waals surface area (Å²) in [4.78, 5) is 11.0. The van der Waals surface area contributed by atoms with E-state index >= 15 is 0 Å². The van der Waals surface area contributed by atoms with Crippen LogP contribution in [0.2, 0.25) is 0 Å². The van der Waals surface area contributed by atoms with Crippen LogP contribution in [-0.4, -0.2) is 43.7 Å². The Kier molecular flexibility index (Phi) is 5.60. The van der Waals surface area contributed by atoms with E-state index in [4.69, 9.17) is 9.72 Å². The number of benzene rings is 2. The number of nitrogens with zero attached hydrogens (tertiary/aromatic N) is 4. The van der Waals surface area contributed by atoms with Crippen molar-refractivity contribution in [2.24, 2.45) is 0 Å². The van der Waals surface area contributed by atoms with E-state index < -0.39 is 20.9 Å². The van der Waals surface area contributed by atoms with Crippen molar-refractivity contribution >= 4 is 26.7 Å². The molecule has 2 heterocycles. The molecule has 0 spiro atoms. The van der Waals surface area contributed by atoms with Crippen LogP contribution in [0, 0.1) is 17.1 Å². The van der Waals surface area contributed by atoms with Gasteiger partial charge in [-0.1, -0.05) is 12.1 Å². The van der Waals surface area contributed by atoms with Gasteiger partial charge in [-0.3, -0.25) is 0 Å². The molecule has 4 rings (SSSR count). The Morgan fingerprint density at radius 1 is 1.06 bits per heavy atom. The molecule has 0 radical (unpaired) electrons. The summed E-state index contributed by atoms with van der Waals surface area (Å²) in [5, 5.41) is 8.32. The van der Waals surface area contributed by atoms with E-state index in [1.165, 1.54) is 0 Å². The number of sulfone groups is 1. The molecule has 1 aliphatic heterocycles. The van der Waals surface area contributed by atoms with Gasteiger partial charge in [0.25, 0.3) is 0 Å². The summed E-state index contributed by atoms with van der Waals surface area (Å²) in [7, 11) is -4.17. The third-order valence-corrected chi connectivity index (χ3v) is 6.99. The van der Waals surface area contributed by atoms with Crippen LogP contribution in [0.1, 0.15) is 24.8 Å². The van der Waals surface area contributed by atoms with E-state index in [2.05, 4.69) is 4.98 Å². The van der Waals surface area contributed by atoms with Gasteiger partial charge in [-0.15, -0.1) is 0 Å². The molecule has 7 nitrogen and oxygen atoms in total. The Balaban J connectivity index is 1.90. The predicted octanol–water partition coefficient (Wildman–Crippen LogP) is 3.42. The third-order valence-electron chi connectivity index (χ3n) is 5.12. The lowest BCUT2D eigenvalue weighted by Gasteiger charge is -2.37. The lowest BCUT2D eigenvalue weighted by molar-refractivity contribution is -0.00550. The van der Waals surface area contributed by atoms with Crippen molar-refractivity contribution in [1.82, 2.24) is 9.97 Å². The second kappa shape index (κ2) is 8.21. The van der Waals surface area contributed by atoms with E-state index in [-0.39, 0.29) is 22.8 Å². The Morgan fingerprint density at radius 3 is 2.23 bits per heavy atom. The molecule has 0 amide bonds. The Hall–Kier alpha value is -3.09. The molecular formula is C22H21FN4O3S. The van der Waals surface area contributed by atoms with Gasteiger partial charge in [0, 0.05) is 13.1 Å². The highest BCUT2D eigenvalue weighted by atomic mass is 32.2. The molecule has 3 aromatic rings. The molecule has 31 heavy (non-hydrogen) atoms. The average molecular weight is 441 g/mol. The number of nitriles is 1. The van der Waals surface area contributed by atoms with E-state index in [0.29, 0.717) is 29.9 Å². The standard InChI is InChI=1S/C22H21FN4O3S/c1-14-12-27(13-15(2)30-14)22-21(25-18-5-3-4-6-19(18)26-22)20(11-24)31(28,29)17-9-7-16(23)8-10-17/h3-10,14-15,20H,12-13H2,1-2H3. The van der Waals surface area contributed by atoms with Crippen molar-refractivity contribution in [1.29, 1.82) is 5.26 Å². The zero-order chi connectivity index (χ0) is 22.2. The fourth-order valence-electron chi connectivity index (χ4n) is 3.80. The van der Waals surface area contributed by atoms with E-state index in [1.54, 1.807) is 18.2 Å². The third kappa shape index (κ3) is 4.09. The predicted molar refractivity (Wildman–Crippen MR) is 114 cm³/mol. The lowest BCUT2D eigenvalue weighted by Crippen LogP contribution is -2.46. The summed E-state index contributed by atoms with van der Waals surface area (Å²) in [6, 6.07) is 13.4. The van der Waals surface area contributed by atoms with Crippen molar-refractivity contribution in [3.63, 3.8) is 0 Å². The summed E-state index contributed by atoms with van der Waals surface area (Å²) >= 11 is 0. The number of para-hydroxylation sites is 2. The smallest absolute Gasteiger partial charge is 0.200 e. The number of hydrogen-bond donors (Lipinski definition) is 0. The SMILES string of the molecule is CC1CN(c2nc3ccccc3nc2C(C#N)S(=O)(=O)c2ccc(F)cc2)CC(C)O1. The highest BCUT2D eigenvalue weighted by Gasteiger charge is 2.36. The minimum Gasteiger partial charge on any atom is -0.372 e. The van der Waals surface area contributed by atoms with Crippen molar-refractivity contribution < 1.29 is 17.5 Å². The van der Waals surface area contributed by atoms with Gasteiger partial charge in [-0.2, -0.15) is 5.26 Å². The van der Waals surface area contributed by atoms with Gasteiger partial charge in [-0.05, 0) is 50.2 Å². The van der Waals surface area contributed by atoms with E-state index in [1.807, 2.05) is 30.9 Å². The molecule has 0 bridgehead atoms. The van der Waals surface area contributed by atoms with Crippen LogP contribution in [-0.2, 0) is 14.6 Å². The first-order chi connectivity index (χ1) is 14.8. The Labute approximate surface area is 180 Å². The topological polar surface area (TPSA) is 96.2 Å². The maximum atomic E-state index is 13.3. The molecule has 3 unspecified atom stereocenters. The van der Waals surface area contributed by atoms with Gasteiger partial charge >= 0.3 is 0 Å². The van der Waals surface area contributed by atoms with Crippen molar-refractivity contribution in [3.8, 4) is 6.07 Å². The normalized spacial score (nSPS) is 20.4. The number of aromatic nitrogens is 2. The Morgan fingerprint density at radius 2 is 1.65 bits per heavy atom. The number of fused-ring (bicyclic) bond motifs is 1. The summed E-state index contributed by atoms with van der Waals surface area (Å²) < 4.78 is 45.8. The Bertz CT molecular complexity index is 1250. The van der Waals surface area contributed by atoms with Crippen LogP contribution in [0.5, 0.6) is 0 Å². The summed E-state index contributed by atoms with van der Waals surface area (Å²) in [5.41, 5.74) is 1.15. The van der Waals surface area contributed by atoms with Crippen molar-refractivity contribution in [2.75, 3.05) is 18.0 Å². The zero-order valence-corrected chi connectivity index (χ0v) is 17.9. The molecule has 0 saturated carbocycles. The highest BCUT2D eigenvalue weighted by molar-refractivity contribution is 7.92. The maximum absolute atomic E-state index is 13.3. The second-order valence-corrected chi connectivity index (χ2v) is 9.62. The van der Waals surface area contributed by atoms with Crippen LogP contribution in [0.4, 0.5) is 10.2 Å². The first-order valence-corrected chi connectivity index (χ1v) is 11.4. The monoisotopic (exact) mass is 440 g/mol. The summed E-state index contributed by atoms with van der Waals surface area (Å²) in [6.07, 6.45) is -0.196. The van der Waals surface area contributed by atoms with Crippen LogP contribution >= 0.6 is 0 Å². The first-order valence-electron chi connectivity index (χ1n) is 9.85. The number of rotatable bonds is 4. The molecule has 1 aliphatic rings. The van der Waals surface area contributed by atoms with Crippen LogP contribution in [0.15, 0.2) is 53.4 Å². The summed E-state index contributed by atoms with van der Waals surface area (Å²) in [6.45, 7) is 4.82. The molecule has 0 N–H and O–H groups in total. The number of halogens is 1. The van der Waals surface area contributed by atoms with Crippen LogP contribution in [0.3, 0.4) is 0 Å². The molecule has 1 saturated heterocycles. The number of ether oxygens (including phenoxy) is 1. The van der Waals surface area contributed by atoms with Crippen molar-refractivity contribution in [3.05, 3.63) is 60.0 Å². The minimum absolute atomic E-state index is 0.0619. The van der Waals surface area contributed by atoms with Gasteiger partial charge in [0.05, 0.1) is 34.2 Å². The first kappa shape index (κ1) is 21.2. The second-order valence-electron chi connectivity index (χ2n) is 7.59. The van der Waals surface area contributed by atoms with Gasteiger partial charge in [0.1, 0.15) is 11.5 Å². The van der Waals surface area contributed by atoms with Crippen molar-refractivity contribution in [2.45, 2.75) is 36.2 Å². The highest BCUT2D eigenvalue weighted by Crippen LogP contribution is 2.35. The minimum atomic E-state index is -4.17.